The Hall–Kier alpha value is -0.910. The number of carboxylic acids is 1. The minimum atomic E-state index is -1.27. The van der Waals surface area contributed by atoms with Gasteiger partial charge in [0.05, 0.1) is 33.7 Å². The van der Waals surface area contributed by atoms with Crippen molar-refractivity contribution in [3.05, 3.63) is 28.8 Å². The Labute approximate surface area is 107 Å². The largest absolute Gasteiger partial charge is 0.478 e. The number of aromatic carboxylic acids is 1. The van der Waals surface area contributed by atoms with Crippen molar-refractivity contribution in [2.24, 2.45) is 0 Å². The van der Waals surface area contributed by atoms with Crippen molar-refractivity contribution >= 4 is 28.4 Å². The molecule has 1 rings (SSSR count). The number of carbonyl (C=O) groups is 1. The normalized spacial score (nSPS) is 12.4. The first-order valence-electron chi connectivity index (χ1n) is 5.05. The van der Waals surface area contributed by atoms with Gasteiger partial charge in [0.2, 0.25) is 0 Å². The Balaban J connectivity index is 2.81. The van der Waals surface area contributed by atoms with E-state index >= 15 is 0 Å². The van der Waals surface area contributed by atoms with Gasteiger partial charge in [-0.1, -0.05) is 11.6 Å². The molecular weight excluding hydrogens is 264 g/mol. The average molecular weight is 277 g/mol. The lowest BCUT2D eigenvalue weighted by atomic mass is 10.2. The van der Waals surface area contributed by atoms with E-state index in [1.165, 1.54) is 12.1 Å². The number of benzene rings is 1. The molecule has 0 aromatic heterocycles. The Kier molecular flexibility index (Phi) is 5.61. The van der Waals surface area contributed by atoms with Gasteiger partial charge in [0.25, 0.3) is 0 Å². The predicted octanol–water partition coefficient (Wildman–Crippen LogP) is 2.18. The molecule has 0 aliphatic heterocycles. The number of hydrogen-bond acceptors (Lipinski definition) is 3. The van der Waals surface area contributed by atoms with Crippen molar-refractivity contribution in [1.29, 1.82) is 0 Å². The van der Waals surface area contributed by atoms with Crippen LogP contribution in [0.1, 0.15) is 17.3 Å². The second-order valence-electron chi connectivity index (χ2n) is 3.19. The summed E-state index contributed by atoms with van der Waals surface area (Å²) in [6.45, 7) is 2.81. The Morgan fingerprint density at radius 1 is 1.53 bits per heavy atom. The van der Waals surface area contributed by atoms with Crippen LogP contribution in [0.25, 0.3) is 0 Å². The highest BCUT2D eigenvalue weighted by Crippen LogP contribution is 2.19. The first kappa shape index (κ1) is 14.2. The molecule has 0 radical (unpaired) electrons. The van der Waals surface area contributed by atoms with E-state index < -0.39 is 16.8 Å². The smallest absolute Gasteiger partial charge is 0.337 e. The van der Waals surface area contributed by atoms with Crippen molar-refractivity contribution in [2.75, 3.05) is 19.0 Å². The maximum Gasteiger partial charge on any atom is 0.337 e. The van der Waals surface area contributed by atoms with Gasteiger partial charge in [0, 0.05) is 11.5 Å². The summed E-state index contributed by atoms with van der Waals surface area (Å²) in [6.07, 6.45) is 0. The fourth-order valence-corrected chi connectivity index (χ4v) is 2.38. The van der Waals surface area contributed by atoms with E-state index in [-0.39, 0.29) is 10.6 Å². The second kappa shape index (κ2) is 6.74. The molecule has 6 heteroatoms. The van der Waals surface area contributed by atoms with E-state index in [0.717, 1.165) is 0 Å². The summed E-state index contributed by atoms with van der Waals surface area (Å²) in [4.78, 5) is 11.3. The standard InChI is InChI=1S/C11H13ClO4S/c1-2-16-5-6-17(15)8-3-4-10(12)9(7-8)11(13)14/h3-4,7H,2,5-6H2,1H3,(H,13,14). The molecule has 1 aromatic rings. The van der Waals surface area contributed by atoms with E-state index in [0.29, 0.717) is 23.9 Å². The Bertz CT molecular complexity index is 433. The van der Waals surface area contributed by atoms with Crippen LogP contribution in [0.3, 0.4) is 0 Å². The lowest BCUT2D eigenvalue weighted by Gasteiger charge is -2.05. The van der Waals surface area contributed by atoms with Crippen LogP contribution in [0.15, 0.2) is 23.1 Å². The predicted molar refractivity (Wildman–Crippen MR) is 66.2 cm³/mol. The minimum absolute atomic E-state index is 0.0334. The summed E-state index contributed by atoms with van der Waals surface area (Å²) in [7, 11) is -1.27. The van der Waals surface area contributed by atoms with E-state index in [1.54, 1.807) is 6.07 Å². The SMILES string of the molecule is CCOCCS(=O)c1ccc(Cl)c(C(=O)O)c1. The lowest BCUT2D eigenvalue weighted by molar-refractivity contribution is 0.0697. The molecule has 1 atom stereocenters. The molecule has 0 spiro atoms. The highest BCUT2D eigenvalue weighted by molar-refractivity contribution is 7.85. The van der Waals surface area contributed by atoms with Gasteiger partial charge in [-0.2, -0.15) is 0 Å². The lowest BCUT2D eigenvalue weighted by Crippen LogP contribution is -2.07. The van der Waals surface area contributed by atoms with Gasteiger partial charge >= 0.3 is 5.97 Å². The zero-order chi connectivity index (χ0) is 12.8. The Morgan fingerprint density at radius 3 is 2.82 bits per heavy atom. The molecule has 4 nitrogen and oxygen atoms in total. The number of rotatable bonds is 6. The molecule has 0 saturated heterocycles. The molecular formula is C11H13ClO4S. The van der Waals surface area contributed by atoms with Gasteiger partial charge in [-0.05, 0) is 25.1 Å². The maximum atomic E-state index is 11.8. The molecule has 0 aliphatic carbocycles. The molecule has 17 heavy (non-hydrogen) atoms. The maximum absolute atomic E-state index is 11.8. The van der Waals surface area contributed by atoms with Gasteiger partial charge in [0.1, 0.15) is 0 Å². The van der Waals surface area contributed by atoms with Crippen molar-refractivity contribution in [3.63, 3.8) is 0 Å². The van der Waals surface area contributed by atoms with Crippen LogP contribution >= 0.6 is 11.6 Å². The third-order valence-electron chi connectivity index (χ3n) is 2.05. The molecule has 0 saturated carbocycles. The monoisotopic (exact) mass is 276 g/mol. The van der Waals surface area contributed by atoms with Gasteiger partial charge in [-0.25, -0.2) is 4.79 Å². The van der Waals surface area contributed by atoms with E-state index in [9.17, 15) is 9.00 Å². The highest BCUT2D eigenvalue weighted by atomic mass is 35.5. The van der Waals surface area contributed by atoms with E-state index in [2.05, 4.69) is 0 Å². The van der Waals surface area contributed by atoms with Gasteiger partial charge < -0.3 is 9.84 Å². The van der Waals surface area contributed by atoms with Gasteiger partial charge in [0.15, 0.2) is 0 Å². The molecule has 1 N–H and O–H groups in total. The summed E-state index contributed by atoms with van der Waals surface area (Å²) in [6, 6.07) is 4.35. The summed E-state index contributed by atoms with van der Waals surface area (Å²) in [5.41, 5.74) is -0.0334. The molecule has 0 heterocycles. The first-order valence-corrected chi connectivity index (χ1v) is 6.75. The molecule has 0 fully saturated rings. The number of ether oxygens (including phenoxy) is 1. The van der Waals surface area contributed by atoms with Crippen LogP contribution in [0.4, 0.5) is 0 Å². The summed E-state index contributed by atoms with van der Waals surface area (Å²) in [5, 5.41) is 9.02. The Morgan fingerprint density at radius 2 is 2.24 bits per heavy atom. The fourth-order valence-electron chi connectivity index (χ4n) is 1.21. The number of hydrogen-bond donors (Lipinski definition) is 1. The van der Waals surface area contributed by atoms with Crippen molar-refractivity contribution < 1.29 is 18.8 Å². The summed E-state index contributed by atoms with van der Waals surface area (Å²) in [5.74, 6) is -0.784. The minimum Gasteiger partial charge on any atom is -0.478 e. The summed E-state index contributed by atoms with van der Waals surface area (Å²) < 4.78 is 16.9. The molecule has 1 unspecified atom stereocenters. The molecule has 94 valence electrons. The van der Waals surface area contributed by atoms with E-state index in [4.69, 9.17) is 21.4 Å². The second-order valence-corrected chi connectivity index (χ2v) is 5.17. The van der Waals surface area contributed by atoms with Crippen LogP contribution in [0.5, 0.6) is 0 Å². The molecule has 1 aromatic carbocycles. The number of carboxylic acid groups (broad SMARTS) is 1. The van der Waals surface area contributed by atoms with E-state index in [1.807, 2.05) is 6.92 Å². The fraction of sp³-hybridized carbons (Fsp3) is 0.364. The van der Waals surface area contributed by atoms with Crippen LogP contribution < -0.4 is 0 Å². The molecule has 0 amide bonds. The van der Waals surface area contributed by atoms with Crippen molar-refractivity contribution in [2.45, 2.75) is 11.8 Å². The van der Waals surface area contributed by atoms with Crippen LogP contribution in [-0.4, -0.2) is 34.3 Å². The van der Waals surface area contributed by atoms with Gasteiger partial charge in [-0.3, -0.25) is 4.21 Å². The quantitative estimate of drug-likeness (QED) is 0.809. The first-order chi connectivity index (χ1) is 8.06. The zero-order valence-electron chi connectivity index (χ0n) is 9.31. The van der Waals surface area contributed by atoms with Crippen molar-refractivity contribution in [1.82, 2.24) is 0 Å². The highest BCUT2D eigenvalue weighted by Gasteiger charge is 2.12. The van der Waals surface area contributed by atoms with Crippen molar-refractivity contribution in [3.8, 4) is 0 Å². The van der Waals surface area contributed by atoms with Crippen LogP contribution in [0, 0.1) is 0 Å². The third-order valence-corrected chi connectivity index (χ3v) is 3.70. The molecule has 0 aliphatic rings. The van der Waals surface area contributed by atoms with Crippen LogP contribution in [-0.2, 0) is 15.5 Å². The zero-order valence-corrected chi connectivity index (χ0v) is 10.9. The summed E-state index contributed by atoms with van der Waals surface area (Å²) >= 11 is 5.72. The number of halogens is 1. The topological polar surface area (TPSA) is 63.6 Å². The average Bonchev–Trinajstić information content (AvgIpc) is 2.29. The molecule has 0 bridgehead atoms. The van der Waals surface area contributed by atoms with Gasteiger partial charge in [-0.15, -0.1) is 0 Å². The van der Waals surface area contributed by atoms with Crippen LogP contribution in [0.2, 0.25) is 5.02 Å². The third kappa shape index (κ3) is 4.11.